The topological polar surface area (TPSA) is 106 Å². The number of nitrogens with zero attached hydrogens (tertiary/aromatic N) is 3. The first-order chi connectivity index (χ1) is 17.9. The van der Waals surface area contributed by atoms with Gasteiger partial charge in [-0.25, -0.2) is 5.43 Å². The van der Waals surface area contributed by atoms with Crippen LogP contribution in [0.4, 0.5) is 11.4 Å². The number of non-ortho nitro benzene ring substituents is 1. The lowest BCUT2D eigenvalue weighted by molar-refractivity contribution is -0.384. The van der Waals surface area contributed by atoms with Crippen LogP contribution in [0.3, 0.4) is 0 Å². The summed E-state index contributed by atoms with van der Waals surface area (Å²) in [6, 6.07) is 17.0. The van der Waals surface area contributed by atoms with Crippen molar-refractivity contribution in [2.24, 2.45) is 5.10 Å². The van der Waals surface area contributed by atoms with Crippen LogP contribution in [0.2, 0.25) is 5.02 Å². The highest BCUT2D eigenvalue weighted by Crippen LogP contribution is 2.37. The van der Waals surface area contributed by atoms with Crippen molar-refractivity contribution in [3.8, 4) is 11.5 Å². The first-order valence-corrected chi connectivity index (χ1v) is 12.3. The molecule has 1 aliphatic rings. The smallest absolute Gasteiger partial charge is 0.271 e. The van der Waals surface area contributed by atoms with E-state index in [0.29, 0.717) is 34.8 Å². The number of nitro groups is 1. The summed E-state index contributed by atoms with van der Waals surface area (Å²) in [5.41, 5.74) is 5.35. The van der Waals surface area contributed by atoms with Crippen LogP contribution < -0.4 is 19.8 Å². The average molecular weight is 523 g/mol. The number of hydrogen-bond donors (Lipinski definition) is 1. The van der Waals surface area contributed by atoms with Crippen LogP contribution in [-0.2, 0) is 6.61 Å². The molecule has 0 unspecified atom stereocenters. The largest absolute Gasteiger partial charge is 0.490 e. The molecule has 3 aromatic rings. The minimum atomic E-state index is -0.460. The molecule has 0 aromatic heterocycles. The standard InChI is InChI=1S/C27H27ClN4O5/c1-2-36-25-16-20(15-24(28)26(25)37-18-19-6-5-7-23(14-19)32(34)35)17-29-30-27(33)21-8-10-22(11-9-21)31-12-3-4-13-31/h5-11,14-17H,2-4,12-13,18H2,1H3,(H,30,33)/b29-17-. The Balaban J connectivity index is 1.41. The molecule has 3 aromatic carbocycles. The summed E-state index contributed by atoms with van der Waals surface area (Å²) in [7, 11) is 0. The lowest BCUT2D eigenvalue weighted by atomic mass is 10.2. The molecule has 1 fully saturated rings. The van der Waals surface area contributed by atoms with Crippen LogP contribution >= 0.6 is 11.6 Å². The Labute approximate surface area is 219 Å². The van der Waals surface area contributed by atoms with Gasteiger partial charge >= 0.3 is 0 Å². The fourth-order valence-corrected chi connectivity index (χ4v) is 4.28. The highest BCUT2D eigenvalue weighted by Gasteiger charge is 2.15. The first kappa shape index (κ1) is 26.0. The molecule has 37 heavy (non-hydrogen) atoms. The summed E-state index contributed by atoms with van der Waals surface area (Å²) in [4.78, 5) is 25.3. The Hall–Kier alpha value is -4.11. The summed E-state index contributed by atoms with van der Waals surface area (Å²) in [5, 5.41) is 15.3. The summed E-state index contributed by atoms with van der Waals surface area (Å²) < 4.78 is 11.5. The van der Waals surface area contributed by atoms with E-state index in [1.54, 1.807) is 36.4 Å². The predicted molar refractivity (Wildman–Crippen MR) is 143 cm³/mol. The SMILES string of the molecule is CCOc1cc(/C=N\NC(=O)c2ccc(N3CCCC3)cc2)cc(Cl)c1OCc1cccc([N+](=O)[O-])c1. The van der Waals surface area contributed by atoms with Gasteiger partial charge in [0.2, 0.25) is 0 Å². The fourth-order valence-electron chi connectivity index (χ4n) is 4.01. The summed E-state index contributed by atoms with van der Waals surface area (Å²) >= 11 is 6.46. The van der Waals surface area contributed by atoms with Crippen LogP contribution in [0.1, 0.15) is 41.3 Å². The van der Waals surface area contributed by atoms with Crippen molar-refractivity contribution < 1.29 is 19.2 Å². The number of benzene rings is 3. The van der Waals surface area contributed by atoms with Gasteiger partial charge in [0.15, 0.2) is 11.5 Å². The van der Waals surface area contributed by atoms with Gasteiger partial charge in [0, 0.05) is 36.5 Å². The van der Waals surface area contributed by atoms with Crippen LogP contribution in [0, 0.1) is 10.1 Å². The third kappa shape index (κ3) is 6.77. The van der Waals surface area contributed by atoms with Crippen molar-refractivity contribution in [3.05, 3.63) is 92.5 Å². The molecule has 0 atom stereocenters. The number of amides is 1. The lowest BCUT2D eigenvalue weighted by Crippen LogP contribution is -2.19. The molecule has 9 nitrogen and oxygen atoms in total. The fraction of sp³-hybridized carbons (Fsp3) is 0.259. The number of nitrogens with one attached hydrogen (secondary N) is 1. The number of hydrogen-bond acceptors (Lipinski definition) is 7. The third-order valence-electron chi connectivity index (χ3n) is 5.82. The van der Waals surface area contributed by atoms with Gasteiger partial charge in [0.05, 0.1) is 22.8 Å². The number of carbonyl (C=O) groups excluding carboxylic acids is 1. The quantitative estimate of drug-likeness (QED) is 0.211. The van der Waals surface area contributed by atoms with Gasteiger partial charge in [-0.2, -0.15) is 5.10 Å². The van der Waals surface area contributed by atoms with Crippen LogP contribution in [-0.4, -0.2) is 36.7 Å². The summed E-state index contributed by atoms with van der Waals surface area (Å²) in [6.45, 7) is 4.35. The Bertz CT molecular complexity index is 1290. The van der Waals surface area contributed by atoms with Gasteiger partial charge in [0.1, 0.15) is 6.61 Å². The molecule has 4 rings (SSSR count). The second-order valence-corrected chi connectivity index (χ2v) is 8.83. The van der Waals surface area contributed by atoms with Crippen molar-refractivity contribution in [1.82, 2.24) is 5.43 Å². The maximum Gasteiger partial charge on any atom is 0.271 e. The van der Waals surface area contributed by atoms with E-state index in [1.165, 1.54) is 31.2 Å². The molecule has 0 radical (unpaired) electrons. The molecule has 1 aliphatic heterocycles. The number of ether oxygens (including phenoxy) is 2. The van der Waals surface area contributed by atoms with Gasteiger partial charge in [-0.1, -0.05) is 23.7 Å². The van der Waals surface area contributed by atoms with Gasteiger partial charge in [0.25, 0.3) is 11.6 Å². The van der Waals surface area contributed by atoms with Crippen molar-refractivity contribution in [1.29, 1.82) is 0 Å². The maximum absolute atomic E-state index is 12.5. The molecule has 1 amide bonds. The molecule has 0 aliphatic carbocycles. The Morgan fingerprint density at radius 3 is 2.59 bits per heavy atom. The highest BCUT2D eigenvalue weighted by molar-refractivity contribution is 6.32. The van der Waals surface area contributed by atoms with E-state index in [2.05, 4.69) is 15.4 Å². The molecule has 10 heteroatoms. The van der Waals surface area contributed by atoms with Gasteiger partial charge in [-0.3, -0.25) is 14.9 Å². The normalized spacial score (nSPS) is 13.1. The molecule has 0 saturated carbocycles. The number of halogens is 1. The van der Waals surface area contributed by atoms with E-state index in [0.717, 1.165) is 18.8 Å². The van der Waals surface area contributed by atoms with E-state index < -0.39 is 4.92 Å². The predicted octanol–water partition coefficient (Wildman–Crippen LogP) is 5.59. The van der Waals surface area contributed by atoms with E-state index >= 15 is 0 Å². The summed E-state index contributed by atoms with van der Waals surface area (Å²) in [5.74, 6) is 0.386. The van der Waals surface area contributed by atoms with Crippen molar-refractivity contribution in [2.45, 2.75) is 26.4 Å². The molecule has 1 saturated heterocycles. The highest BCUT2D eigenvalue weighted by atomic mass is 35.5. The first-order valence-electron chi connectivity index (χ1n) is 12.0. The number of rotatable bonds is 10. The zero-order valence-electron chi connectivity index (χ0n) is 20.4. The maximum atomic E-state index is 12.5. The monoisotopic (exact) mass is 522 g/mol. The van der Waals surface area contributed by atoms with Crippen LogP contribution in [0.5, 0.6) is 11.5 Å². The van der Waals surface area contributed by atoms with Crippen LogP contribution in [0.15, 0.2) is 65.8 Å². The van der Waals surface area contributed by atoms with Gasteiger partial charge in [-0.15, -0.1) is 0 Å². The second kappa shape index (κ2) is 12.2. The van der Waals surface area contributed by atoms with Gasteiger partial charge in [-0.05, 0) is 67.3 Å². The molecule has 1 N–H and O–H groups in total. The van der Waals surface area contributed by atoms with Crippen molar-refractivity contribution >= 4 is 35.1 Å². The average Bonchev–Trinajstić information content (AvgIpc) is 3.44. The van der Waals surface area contributed by atoms with Crippen molar-refractivity contribution in [2.75, 3.05) is 24.6 Å². The number of carbonyl (C=O) groups is 1. The zero-order chi connectivity index (χ0) is 26.2. The van der Waals surface area contributed by atoms with Crippen LogP contribution in [0.25, 0.3) is 0 Å². The van der Waals surface area contributed by atoms with E-state index in [4.69, 9.17) is 21.1 Å². The molecule has 1 heterocycles. The number of anilines is 1. The van der Waals surface area contributed by atoms with E-state index in [9.17, 15) is 14.9 Å². The third-order valence-corrected chi connectivity index (χ3v) is 6.10. The minimum absolute atomic E-state index is 0.0200. The number of nitro benzene ring substituents is 1. The molecular weight excluding hydrogens is 496 g/mol. The van der Waals surface area contributed by atoms with Crippen molar-refractivity contribution in [3.63, 3.8) is 0 Å². The minimum Gasteiger partial charge on any atom is -0.490 e. The Morgan fingerprint density at radius 2 is 1.89 bits per heavy atom. The molecule has 192 valence electrons. The lowest BCUT2D eigenvalue weighted by Gasteiger charge is -2.17. The summed E-state index contributed by atoms with van der Waals surface area (Å²) in [6.07, 6.45) is 3.85. The molecule has 0 spiro atoms. The van der Waals surface area contributed by atoms with E-state index in [1.807, 2.05) is 19.1 Å². The Morgan fingerprint density at radius 1 is 1.14 bits per heavy atom. The Kier molecular flexibility index (Phi) is 8.58. The molecule has 0 bridgehead atoms. The molecular formula is C27H27ClN4O5. The zero-order valence-corrected chi connectivity index (χ0v) is 21.1. The second-order valence-electron chi connectivity index (χ2n) is 8.42. The van der Waals surface area contributed by atoms with Gasteiger partial charge < -0.3 is 14.4 Å². The van der Waals surface area contributed by atoms with E-state index in [-0.39, 0.29) is 23.2 Å². The number of hydrazone groups is 1.